The molecule has 20 heavy (non-hydrogen) atoms. The third-order valence-electron chi connectivity index (χ3n) is 3.54. The minimum atomic E-state index is -4.05. The van der Waals surface area contributed by atoms with Crippen LogP contribution in [0.5, 0.6) is 0 Å². The summed E-state index contributed by atoms with van der Waals surface area (Å²) in [5, 5.41) is 8.05. The summed E-state index contributed by atoms with van der Waals surface area (Å²) in [6.07, 6.45) is 3.12. The van der Waals surface area contributed by atoms with Gasteiger partial charge in [0, 0.05) is 0 Å². The van der Waals surface area contributed by atoms with Gasteiger partial charge < -0.3 is 5.11 Å². The normalized spacial score (nSPS) is 17.1. The molecule has 110 valence electrons. The second-order valence-corrected chi connectivity index (χ2v) is 7.08. The van der Waals surface area contributed by atoms with Crippen LogP contribution in [0.3, 0.4) is 0 Å². The largest absolute Gasteiger partial charge is 0.478 e. The van der Waals surface area contributed by atoms with Crippen molar-refractivity contribution in [1.82, 2.24) is 0 Å². The molecule has 2 rings (SSSR count). The van der Waals surface area contributed by atoms with Gasteiger partial charge in [-0.3, -0.25) is 0 Å². The van der Waals surface area contributed by atoms with E-state index >= 15 is 0 Å². The molecule has 0 atom stereocenters. The molecule has 4 nitrogen and oxygen atoms in total. The summed E-state index contributed by atoms with van der Waals surface area (Å²) < 4.78 is 51.8. The SMILES string of the molecule is O=C(O)c1cc(F)c(F)c(S(=O)(=O)C2CCCCC2)c1. The Labute approximate surface area is 115 Å². The molecule has 1 aliphatic rings. The maximum absolute atomic E-state index is 13.7. The van der Waals surface area contributed by atoms with Crippen LogP contribution in [0.2, 0.25) is 0 Å². The molecule has 0 unspecified atom stereocenters. The highest BCUT2D eigenvalue weighted by molar-refractivity contribution is 7.92. The van der Waals surface area contributed by atoms with E-state index in [2.05, 4.69) is 0 Å². The minimum absolute atomic E-state index is 0.390. The van der Waals surface area contributed by atoms with Crippen molar-refractivity contribution in [3.63, 3.8) is 0 Å². The van der Waals surface area contributed by atoms with E-state index in [4.69, 9.17) is 5.11 Å². The van der Waals surface area contributed by atoms with Gasteiger partial charge >= 0.3 is 5.97 Å². The topological polar surface area (TPSA) is 71.4 Å². The van der Waals surface area contributed by atoms with Gasteiger partial charge in [0.2, 0.25) is 0 Å². The molecular formula is C13H14F2O4S. The minimum Gasteiger partial charge on any atom is -0.478 e. The Kier molecular flexibility index (Phi) is 4.08. The van der Waals surface area contributed by atoms with Crippen LogP contribution in [0, 0.1) is 11.6 Å². The molecule has 1 fully saturated rings. The van der Waals surface area contributed by atoms with Crippen LogP contribution in [-0.2, 0) is 9.84 Å². The third-order valence-corrected chi connectivity index (χ3v) is 5.80. The van der Waals surface area contributed by atoms with Gasteiger partial charge in [0.15, 0.2) is 21.5 Å². The molecule has 0 spiro atoms. The number of halogens is 2. The summed E-state index contributed by atoms with van der Waals surface area (Å²) in [4.78, 5) is 9.99. The average molecular weight is 304 g/mol. The zero-order chi connectivity index (χ0) is 14.9. The van der Waals surface area contributed by atoms with Crippen molar-refractivity contribution >= 4 is 15.8 Å². The number of benzene rings is 1. The lowest BCUT2D eigenvalue weighted by Gasteiger charge is -2.22. The predicted molar refractivity (Wildman–Crippen MR) is 67.4 cm³/mol. The Morgan fingerprint density at radius 2 is 1.75 bits per heavy atom. The Morgan fingerprint density at radius 3 is 2.30 bits per heavy atom. The highest BCUT2D eigenvalue weighted by Crippen LogP contribution is 2.31. The predicted octanol–water partition coefficient (Wildman–Crippen LogP) is 2.77. The lowest BCUT2D eigenvalue weighted by molar-refractivity contribution is 0.0696. The zero-order valence-corrected chi connectivity index (χ0v) is 11.4. The van der Waals surface area contributed by atoms with Gasteiger partial charge in [0.05, 0.1) is 10.8 Å². The second-order valence-electron chi connectivity index (χ2n) is 4.88. The quantitative estimate of drug-likeness (QED) is 0.932. The number of carboxylic acid groups (broad SMARTS) is 1. The Hall–Kier alpha value is -1.50. The second kappa shape index (κ2) is 5.47. The first-order chi connectivity index (χ1) is 9.34. The summed E-state index contributed by atoms with van der Waals surface area (Å²) in [6.45, 7) is 0. The summed E-state index contributed by atoms with van der Waals surface area (Å²) in [5.74, 6) is -4.45. The van der Waals surface area contributed by atoms with Crippen molar-refractivity contribution in [2.45, 2.75) is 42.2 Å². The maximum Gasteiger partial charge on any atom is 0.335 e. The molecular weight excluding hydrogens is 290 g/mol. The molecule has 0 aromatic heterocycles. The van der Waals surface area contributed by atoms with Gasteiger partial charge in [0.1, 0.15) is 4.90 Å². The first-order valence-corrected chi connectivity index (χ1v) is 7.85. The van der Waals surface area contributed by atoms with Crippen LogP contribution in [0.25, 0.3) is 0 Å². The molecule has 0 radical (unpaired) electrons. The van der Waals surface area contributed by atoms with Crippen LogP contribution in [0.15, 0.2) is 17.0 Å². The van der Waals surface area contributed by atoms with Crippen LogP contribution in [0.4, 0.5) is 8.78 Å². The molecule has 0 amide bonds. The first kappa shape index (κ1) is 14.9. The molecule has 0 aliphatic heterocycles. The lowest BCUT2D eigenvalue weighted by atomic mass is 10.0. The molecule has 0 bridgehead atoms. The van der Waals surface area contributed by atoms with Gasteiger partial charge in [0.25, 0.3) is 0 Å². The number of carbonyl (C=O) groups is 1. The highest BCUT2D eigenvalue weighted by Gasteiger charge is 2.33. The molecule has 1 aromatic rings. The standard InChI is InChI=1S/C13H14F2O4S/c14-10-6-8(13(16)17)7-11(12(10)15)20(18,19)9-4-2-1-3-5-9/h6-7,9H,1-5H2,(H,16,17). The van der Waals surface area contributed by atoms with E-state index in [1.807, 2.05) is 0 Å². The molecule has 1 aromatic carbocycles. The molecule has 0 saturated heterocycles. The van der Waals surface area contributed by atoms with Crippen LogP contribution >= 0.6 is 0 Å². The monoisotopic (exact) mass is 304 g/mol. The molecule has 1 saturated carbocycles. The number of rotatable bonds is 3. The van der Waals surface area contributed by atoms with E-state index in [0.717, 1.165) is 6.42 Å². The lowest BCUT2D eigenvalue weighted by Crippen LogP contribution is -2.25. The number of sulfone groups is 1. The van der Waals surface area contributed by atoms with Crippen molar-refractivity contribution in [1.29, 1.82) is 0 Å². The summed E-state index contributed by atoms with van der Waals surface area (Å²) in [5.41, 5.74) is -0.571. The van der Waals surface area contributed by atoms with Crippen LogP contribution in [-0.4, -0.2) is 24.7 Å². The molecule has 0 heterocycles. The van der Waals surface area contributed by atoms with E-state index in [-0.39, 0.29) is 0 Å². The van der Waals surface area contributed by atoms with E-state index in [9.17, 15) is 22.0 Å². The van der Waals surface area contributed by atoms with Gasteiger partial charge in [-0.25, -0.2) is 22.0 Å². The molecule has 7 heteroatoms. The smallest absolute Gasteiger partial charge is 0.335 e. The third kappa shape index (κ3) is 2.67. The van der Waals surface area contributed by atoms with E-state index in [0.29, 0.717) is 37.8 Å². The number of hydrogen-bond acceptors (Lipinski definition) is 3. The average Bonchev–Trinajstić information content (AvgIpc) is 2.42. The molecule has 1 aliphatic carbocycles. The van der Waals surface area contributed by atoms with E-state index < -0.39 is 43.1 Å². The van der Waals surface area contributed by atoms with Gasteiger partial charge in [-0.15, -0.1) is 0 Å². The first-order valence-electron chi connectivity index (χ1n) is 6.30. The summed E-state index contributed by atoms with van der Waals surface area (Å²) in [7, 11) is -4.05. The number of aromatic carboxylic acids is 1. The summed E-state index contributed by atoms with van der Waals surface area (Å²) in [6, 6.07) is 1.18. The fourth-order valence-corrected chi connectivity index (χ4v) is 4.40. The van der Waals surface area contributed by atoms with Gasteiger partial charge in [-0.1, -0.05) is 19.3 Å². The van der Waals surface area contributed by atoms with Crippen molar-refractivity contribution < 1.29 is 27.1 Å². The van der Waals surface area contributed by atoms with Crippen LogP contribution in [0.1, 0.15) is 42.5 Å². The number of hydrogen-bond donors (Lipinski definition) is 1. The van der Waals surface area contributed by atoms with Crippen molar-refractivity contribution in [2.24, 2.45) is 0 Å². The van der Waals surface area contributed by atoms with Gasteiger partial charge in [-0.05, 0) is 25.0 Å². The fraction of sp³-hybridized carbons (Fsp3) is 0.462. The van der Waals surface area contributed by atoms with Crippen molar-refractivity contribution in [2.75, 3.05) is 0 Å². The van der Waals surface area contributed by atoms with E-state index in [1.54, 1.807) is 0 Å². The molecule has 1 N–H and O–H groups in total. The maximum atomic E-state index is 13.7. The van der Waals surface area contributed by atoms with Crippen molar-refractivity contribution in [3.05, 3.63) is 29.3 Å². The Bertz CT molecular complexity index is 634. The van der Waals surface area contributed by atoms with E-state index in [1.165, 1.54) is 0 Å². The highest BCUT2D eigenvalue weighted by atomic mass is 32.2. The van der Waals surface area contributed by atoms with Crippen molar-refractivity contribution in [3.8, 4) is 0 Å². The number of carboxylic acids is 1. The zero-order valence-electron chi connectivity index (χ0n) is 10.6. The Balaban J connectivity index is 2.52. The summed E-state index contributed by atoms with van der Waals surface area (Å²) >= 11 is 0. The van der Waals surface area contributed by atoms with Crippen LogP contribution < -0.4 is 0 Å². The van der Waals surface area contributed by atoms with Gasteiger partial charge in [-0.2, -0.15) is 0 Å². The fourth-order valence-electron chi connectivity index (χ4n) is 2.45. The Morgan fingerprint density at radius 1 is 1.15 bits per heavy atom.